The molecule has 5 heteroatoms. The van der Waals surface area contributed by atoms with Crippen LogP contribution in [0.3, 0.4) is 0 Å². The molecule has 0 saturated carbocycles. The Kier molecular flexibility index (Phi) is 4.71. The molecular formula is C19H15BrO4. The van der Waals surface area contributed by atoms with Crippen LogP contribution in [0, 0.1) is 0 Å². The van der Waals surface area contributed by atoms with Crippen LogP contribution in [-0.4, -0.2) is 20.2 Å². The average molecular weight is 387 g/mol. The van der Waals surface area contributed by atoms with Crippen LogP contribution in [0.1, 0.15) is 10.4 Å². The molecule has 0 saturated heterocycles. The summed E-state index contributed by atoms with van der Waals surface area (Å²) in [5.74, 6) is 1.02. The molecule has 0 aliphatic carbocycles. The molecule has 3 rings (SSSR count). The van der Waals surface area contributed by atoms with Gasteiger partial charge in [0.2, 0.25) is 0 Å². The fourth-order valence-corrected chi connectivity index (χ4v) is 2.77. The van der Waals surface area contributed by atoms with Crippen LogP contribution in [0.25, 0.3) is 10.8 Å². The van der Waals surface area contributed by atoms with E-state index in [-0.39, 0.29) is 0 Å². The van der Waals surface area contributed by atoms with Crippen LogP contribution in [0.5, 0.6) is 17.2 Å². The number of rotatable bonds is 4. The molecule has 4 nitrogen and oxygen atoms in total. The molecule has 0 bridgehead atoms. The van der Waals surface area contributed by atoms with Crippen molar-refractivity contribution in [1.29, 1.82) is 0 Å². The van der Waals surface area contributed by atoms with E-state index in [9.17, 15) is 4.79 Å². The summed E-state index contributed by atoms with van der Waals surface area (Å²) in [5.41, 5.74) is 0.342. The number of halogens is 1. The Morgan fingerprint density at radius 2 is 1.54 bits per heavy atom. The summed E-state index contributed by atoms with van der Waals surface area (Å²) in [6, 6.07) is 16.4. The first-order valence-electron chi connectivity index (χ1n) is 7.24. The number of hydrogen-bond donors (Lipinski definition) is 0. The fraction of sp³-hybridized carbons (Fsp3) is 0.105. The smallest absolute Gasteiger partial charge is 0.347 e. The SMILES string of the molecule is COc1ccc(C(=O)Oc2ccc3cc(Br)ccc3c2)c(OC)c1. The van der Waals surface area contributed by atoms with Gasteiger partial charge in [-0.05, 0) is 47.2 Å². The lowest BCUT2D eigenvalue weighted by Gasteiger charge is -2.10. The molecule has 0 N–H and O–H groups in total. The van der Waals surface area contributed by atoms with Gasteiger partial charge in [-0.25, -0.2) is 4.79 Å². The number of ether oxygens (including phenoxy) is 3. The molecule has 0 unspecified atom stereocenters. The molecule has 0 atom stereocenters. The summed E-state index contributed by atoms with van der Waals surface area (Å²) < 4.78 is 16.9. The van der Waals surface area contributed by atoms with Gasteiger partial charge in [-0.3, -0.25) is 0 Å². The topological polar surface area (TPSA) is 44.8 Å². The van der Waals surface area contributed by atoms with Gasteiger partial charge in [-0.1, -0.05) is 28.1 Å². The van der Waals surface area contributed by atoms with E-state index < -0.39 is 5.97 Å². The number of methoxy groups -OCH3 is 2. The van der Waals surface area contributed by atoms with E-state index in [1.165, 1.54) is 7.11 Å². The monoisotopic (exact) mass is 386 g/mol. The lowest BCUT2D eigenvalue weighted by atomic mass is 10.1. The van der Waals surface area contributed by atoms with E-state index in [0.717, 1.165) is 15.2 Å². The van der Waals surface area contributed by atoms with E-state index in [1.54, 1.807) is 31.4 Å². The number of esters is 1. The summed E-state index contributed by atoms with van der Waals surface area (Å²) in [7, 11) is 3.06. The highest BCUT2D eigenvalue weighted by Gasteiger charge is 2.16. The Morgan fingerprint density at radius 3 is 2.29 bits per heavy atom. The molecule has 3 aromatic rings. The van der Waals surface area contributed by atoms with Gasteiger partial charge in [0.25, 0.3) is 0 Å². The summed E-state index contributed by atoms with van der Waals surface area (Å²) in [4.78, 5) is 12.4. The molecule has 0 radical (unpaired) electrons. The number of benzene rings is 3. The third kappa shape index (κ3) is 3.36. The maximum Gasteiger partial charge on any atom is 0.347 e. The molecule has 122 valence electrons. The third-order valence-corrected chi connectivity index (χ3v) is 4.11. The van der Waals surface area contributed by atoms with Crippen LogP contribution < -0.4 is 14.2 Å². The molecule has 0 spiro atoms. The standard InChI is InChI=1S/C19H15BrO4/c1-22-15-7-8-17(18(11-15)23-2)19(21)24-16-6-4-12-9-14(20)5-3-13(12)10-16/h3-11H,1-2H3. The molecule has 0 fully saturated rings. The van der Waals surface area contributed by atoms with Crippen LogP contribution in [0.15, 0.2) is 59.1 Å². The number of fused-ring (bicyclic) bond motifs is 1. The summed E-state index contributed by atoms with van der Waals surface area (Å²) in [5, 5.41) is 2.05. The van der Waals surface area contributed by atoms with Gasteiger partial charge in [-0.15, -0.1) is 0 Å². The van der Waals surface area contributed by atoms with E-state index >= 15 is 0 Å². The maximum atomic E-state index is 12.4. The zero-order chi connectivity index (χ0) is 17.1. The number of carbonyl (C=O) groups is 1. The highest BCUT2D eigenvalue weighted by Crippen LogP contribution is 2.28. The Balaban J connectivity index is 1.88. The summed E-state index contributed by atoms with van der Waals surface area (Å²) in [6.45, 7) is 0. The Labute approximate surface area is 148 Å². The van der Waals surface area contributed by atoms with Crippen molar-refractivity contribution < 1.29 is 19.0 Å². The van der Waals surface area contributed by atoms with Crippen LogP contribution in [0.2, 0.25) is 0 Å². The van der Waals surface area contributed by atoms with E-state index in [2.05, 4.69) is 15.9 Å². The molecule has 24 heavy (non-hydrogen) atoms. The van der Waals surface area contributed by atoms with Crippen LogP contribution >= 0.6 is 15.9 Å². The second kappa shape index (κ2) is 6.93. The van der Waals surface area contributed by atoms with Gasteiger partial charge >= 0.3 is 5.97 Å². The highest BCUT2D eigenvalue weighted by atomic mass is 79.9. The van der Waals surface area contributed by atoms with E-state index in [0.29, 0.717) is 22.8 Å². The normalized spacial score (nSPS) is 10.5. The molecular weight excluding hydrogens is 372 g/mol. The molecule has 0 heterocycles. The predicted octanol–water partition coefficient (Wildman–Crippen LogP) is 4.84. The zero-order valence-electron chi connectivity index (χ0n) is 13.2. The van der Waals surface area contributed by atoms with Crippen LogP contribution in [0.4, 0.5) is 0 Å². The first-order valence-corrected chi connectivity index (χ1v) is 8.03. The first-order chi connectivity index (χ1) is 11.6. The third-order valence-electron chi connectivity index (χ3n) is 3.61. The minimum Gasteiger partial charge on any atom is -0.497 e. The van der Waals surface area contributed by atoms with Gasteiger partial charge in [0, 0.05) is 10.5 Å². The Hall–Kier alpha value is -2.53. The molecule has 0 amide bonds. The maximum absolute atomic E-state index is 12.4. The van der Waals surface area contributed by atoms with Crippen molar-refractivity contribution in [2.45, 2.75) is 0 Å². The first kappa shape index (κ1) is 16.3. The number of hydrogen-bond acceptors (Lipinski definition) is 4. The second-order valence-corrected chi connectivity index (χ2v) is 6.02. The second-order valence-electron chi connectivity index (χ2n) is 5.11. The predicted molar refractivity (Wildman–Crippen MR) is 96.2 cm³/mol. The Bertz CT molecular complexity index is 905. The minimum atomic E-state index is -0.481. The molecule has 0 aliphatic rings. The lowest BCUT2D eigenvalue weighted by molar-refractivity contribution is 0.0731. The quantitative estimate of drug-likeness (QED) is 0.475. The largest absolute Gasteiger partial charge is 0.497 e. The average Bonchev–Trinajstić information content (AvgIpc) is 2.61. The van der Waals surface area contributed by atoms with Crippen molar-refractivity contribution in [1.82, 2.24) is 0 Å². The highest BCUT2D eigenvalue weighted by molar-refractivity contribution is 9.10. The molecule has 3 aromatic carbocycles. The van der Waals surface area contributed by atoms with Gasteiger partial charge in [0.1, 0.15) is 22.8 Å². The van der Waals surface area contributed by atoms with E-state index in [4.69, 9.17) is 14.2 Å². The molecule has 0 aromatic heterocycles. The summed E-state index contributed by atoms with van der Waals surface area (Å²) in [6.07, 6.45) is 0. The van der Waals surface area contributed by atoms with Gasteiger partial charge in [0.05, 0.1) is 14.2 Å². The van der Waals surface area contributed by atoms with Crippen molar-refractivity contribution in [3.8, 4) is 17.2 Å². The molecule has 0 aliphatic heterocycles. The van der Waals surface area contributed by atoms with Crippen molar-refractivity contribution in [3.05, 3.63) is 64.6 Å². The van der Waals surface area contributed by atoms with Gasteiger partial charge in [-0.2, -0.15) is 0 Å². The van der Waals surface area contributed by atoms with Crippen LogP contribution in [-0.2, 0) is 0 Å². The van der Waals surface area contributed by atoms with Crippen molar-refractivity contribution in [3.63, 3.8) is 0 Å². The lowest BCUT2D eigenvalue weighted by Crippen LogP contribution is -2.10. The van der Waals surface area contributed by atoms with Gasteiger partial charge < -0.3 is 14.2 Å². The number of carbonyl (C=O) groups excluding carboxylic acids is 1. The summed E-state index contributed by atoms with van der Waals surface area (Å²) >= 11 is 3.44. The van der Waals surface area contributed by atoms with E-state index in [1.807, 2.05) is 30.3 Å². The Morgan fingerprint density at radius 1 is 0.833 bits per heavy atom. The van der Waals surface area contributed by atoms with Crippen molar-refractivity contribution in [2.24, 2.45) is 0 Å². The zero-order valence-corrected chi connectivity index (χ0v) is 14.8. The van der Waals surface area contributed by atoms with Gasteiger partial charge in [0.15, 0.2) is 0 Å². The minimum absolute atomic E-state index is 0.342. The fourth-order valence-electron chi connectivity index (χ4n) is 2.39. The van der Waals surface area contributed by atoms with Crippen molar-refractivity contribution >= 4 is 32.7 Å². The van der Waals surface area contributed by atoms with Crippen molar-refractivity contribution in [2.75, 3.05) is 14.2 Å².